The molecule has 0 aromatic rings. The van der Waals surface area contributed by atoms with Crippen molar-refractivity contribution in [2.45, 2.75) is 38.5 Å². The van der Waals surface area contributed by atoms with Crippen molar-refractivity contribution in [1.29, 1.82) is 0 Å². The maximum atomic E-state index is 10.9. The second-order valence-electron chi connectivity index (χ2n) is 6.26. The normalized spacial score (nSPS) is 12.1. The van der Waals surface area contributed by atoms with Gasteiger partial charge in [-0.2, -0.15) is 0 Å². The van der Waals surface area contributed by atoms with Crippen molar-refractivity contribution in [3.05, 3.63) is 12.7 Å². The van der Waals surface area contributed by atoms with Crippen molar-refractivity contribution in [3.63, 3.8) is 0 Å². The average molecular weight is 334 g/mol. The van der Waals surface area contributed by atoms with Crippen molar-refractivity contribution in [2.24, 2.45) is 0 Å². The number of hydrogen-bond acceptors (Lipinski definition) is 4. The van der Waals surface area contributed by atoms with Gasteiger partial charge < -0.3 is 14.4 Å². The maximum absolute atomic E-state index is 10.9. The van der Waals surface area contributed by atoms with Gasteiger partial charge >= 0.3 is 0 Å². The molecule has 22 heavy (non-hydrogen) atoms. The first kappa shape index (κ1) is 21.1. The molecule has 0 radical (unpaired) electrons. The molecule has 0 saturated carbocycles. The van der Waals surface area contributed by atoms with E-state index in [4.69, 9.17) is 0 Å². The zero-order chi connectivity index (χ0) is 17.1. The van der Waals surface area contributed by atoms with Gasteiger partial charge in [0.2, 0.25) is 5.91 Å². The van der Waals surface area contributed by atoms with Gasteiger partial charge in [0.25, 0.3) is 0 Å². The number of hydrogen-bond donors (Lipinski definition) is 1. The minimum absolute atomic E-state index is 0.126. The molecule has 1 N–H and O–H groups in total. The van der Waals surface area contributed by atoms with Gasteiger partial charge in [-0.05, 0) is 25.3 Å². The Kier molecular flexibility index (Phi) is 10.3. The zero-order valence-electron chi connectivity index (χ0n) is 13.8. The minimum Gasteiger partial charge on any atom is -0.748 e. The molecule has 0 aliphatic carbocycles. The van der Waals surface area contributed by atoms with Gasteiger partial charge in [0.05, 0.1) is 37.3 Å². The van der Waals surface area contributed by atoms with E-state index in [1.54, 1.807) is 0 Å². The van der Waals surface area contributed by atoms with Gasteiger partial charge in [0.15, 0.2) is 0 Å². The molecule has 0 unspecified atom stereocenters. The van der Waals surface area contributed by atoms with Gasteiger partial charge in [0.1, 0.15) is 0 Å². The summed E-state index contributed by atoms with van der Waals surface area (Å²) in [5.74, 6) is -0.399. The summed E-state index contributed by atoms with van der Waals surface area (Å²) in [4.78, 5) is 10.9. The molecule has 0 aromatic heterocycles. The van der Waals surface area contributed by atoms with Crippen LogP contribution in [0.1, 0.15) is 38.5 Å². The van der Waals surface area contributed by atoms with Crippen molar-refractivity contribution >= 4 is 16.0 Å². The summed E-state index contributed by atoms with van der Waals surface area (Å²) in [7, 11) is 0.0268. The summed E-state index contributed by atoms with van der Waals surface area (Å²) in [6.45, 7) is 5.77. The molecule has 0 spiro atoms. The third kappa shape index (κ3) is 14.0. The largest absolute Gasteiger partial charge is 0.748 e. The smallest absolute Gasteiger partial charge is 0.243 e. The van der Waals surface area contributed by atoms with Crippen LogP contribution in [0, 0.1) is 0 Å². The molecule has 0 bridgehead atoms. The molecule has 0 aliphatic rings. The molecule has 130 valence electrons. The van der Waals surface area contributed by atoms with Crippen LogP contribution in [0.4, 0.5) is 0 Å². The van der Waals surface area contributed by atoms with E-state index in [-0.39, 0.29) is 11.7 Å². The molecule has 1 amide bonds. The first-order chi connectivity index (χ1) is 10.2. The number of carbonyl (C=O) groups is 1. The molecule has 0 rings (SSSR count). The molecule has 0 aliphatic heterocycles. The Balaban J connectivity index is 3.56. The average Bonchev–Trinajstić information content (AvgIpc) is 2.39. The lowest BCUT2D eigenvalue weighted by molar-refractivity contribution is -0.890. The van der Waals surface area contributed by atoms with E-state index in [0.29, 0.717) is 19.5 Å². The molecule has 0 heterocycles. The first-order valence-electron chi connectivity index (χ1n) is 7.82. The van der Waals surface area contributed by atoms with Gasteiger partial charge in [-0.3, -0.25) is 4.79 Å². The van der Waals surface area contributed by atoms with Crippen molar-refractivity contribution in [2.75, 3.05) is 39.5 Å². The summed E-state index contributed by atoms with van der Waals surface area (Å²) in [6, 6.07) is 0. The standard InChI is InChI=1S/C15H30N2O4S/c1-4-15(18)16-11-8-6-5-7-9-12-17(2,3)13-10-14-22(19,20)21/h4H,1,5-14H2,2-3H3,(H-,16,18,19,20,21). The van der Waals surface area contributed by atoms with E-state index < -0.39 is 10.1 Å². The van der Waals surface area contributed by atoms with E-state index in [1.807, 2.05) is 0 Å². The predicted molar refractivity (Wildman–Crippen MR) is 87.3 cm³/mol. The number of amides is 1. The Morgan fingerprint density at radius 2 is 1.64 bits per heavy atom. The fourth-order valence-corrected chi connectivity index (χ4v) is 2.74. The lowest BCUT2D eigenvalue weighted by atomic mass is 10.1. The third-order valence-electron chi connectivity index (χ3n) is 3.58. The SMILES string of the molecule is C=CC(=O)NCCCCCCC[N+](C)(C)CCCS(=O)(=O)[O-]. The predicted octanol–water partition coefficient (Wildman–Crippen LogP) is 1.25. The number of unbranched alkanes of at least 4 members (excludes halogenated alkanes) is 4. The van der Waals surface area contributed by atoms with Crippen LogP contribution in [0.3, 0.4) is 0 Å². The van der Waals surface area contributed by atoms with Crippen molar-refractivity contribution in [1.82, 2.24) is 5.32 Å². The van der Waals surface area contributed by atoms with E-state index in [0.717, 1.165) is 43.1 Å². The summed E-state index contributed by atoms with van der Waals surface area (Å²) in [5.41, 5.74) is 0. The topological polar surface area (TPSA) is 86.3 Å². The van der Waals surface area contributed by atoms with E-state index in [1.165, 1.54) is 6.08 Å². The molecule has 7 heteroatoms. The third-order valence-corrected chi connectivity index (χ3v) is 4.37. The van der Waals surface area contributed by atoms with Gasteiger partial charge in [0, 0.05) is 18.7 Å². The Morgan fingerprint density at radius 1 is 1.09 bits per heavy atom. The Bertz CT molecular complexity index is 433. The highest BCUT2D eigenvalue weighted by Crippen LogP contribution is 2.08. The van der Waals surface area contributed by atoms with Crippen molar-refractivity contribution < 1.29 is 22.2 Å². The summed E-state index contributed by atoms with van der Waals surface area (Å²) in [5, 5.41) is 2.75. The van der Waals surface area contributed by atoms with Crippen molar-refractivity contribution in [3.8, 4) is 0 Å². The van der Waals surface area contributed by atoms with Crippen LogP contribution in [-0.4, -0.2) is 62.8 Å². The van der Waals surface area contributed by atoms with Crippen LogP contribution in [0.25, 0.3) is 0 Å². The Labute approximate surface area is 134 Å². The highest BCUT2D eigenvalue weighted by molar-refractivity contribution is 7.85. The Hall–Kier alpha value is -0.920. The number of nitrogens with one attached hydrogen (secondary N) is 1. The highest BCUT2D eigenvalue weighted by Gasteiger charge is 2.14. The summed E-state index contributed by atoms with van der Waals surface area (Å²) in [6.07, 6.45) is 7.07. The monoisotopic (exact) mass is 334 g/mol. The van der Waals surface area contributed by atoms with Crippen LogP contribution in [0.5, 0.6) is 0 Å². The van der Waals surface area contributed by atoms with Crippen LogP contribution in [0.15, 0.2) is 12.7 Å². The van der Waals surface area contributed by atoms with E-state index in [2.05, 4.69) is 26.0 Å². The van der Waals surface area contributed by atoms with Crippen LogP contribution in [-0.2, 0) is 14.9 Å². The summed E-state index contributed by atoms with van der Waals surface area (Å²) >= 11 is 0. The van der Waals surface area contributed by atoms with Crippen LogP contribution < -0.4 is 5.32 Å². The summed E-state index contributed by atoms with van der Waals surface area (Å²) < 4.78 is 32.5. The van der Waals surface area contributed by atoms with Gasteiger partial charge in [-0.15, -0.1) is 0 Å². The maximum Gasteiger partial charge on any atom is 0.243 e. The second-order valence-corrected chi connectivity index (χ2v) is 7.78. The minimum atomic E-state index is -4.09. The number of rotatable bonds is 13. The highest BCUT2D eigenvalue weighted by atomic mass is 32.2. The molecule has 0 saturated heterocycles. The first-order valence-corrected chi connectivity index (χ1v) is 9.40. The lowest BCUT2D eigenvalue weighted by Gasteiger charge is -2.30. The number of nitrogens with zero attached hydrogens (tertiary/aromatic N) is 1. The molecular formula is C15H30N2O4S. The number of quaternary nitrogens is 1. The Morgan fingerprint density at radius 3 is 2.23 bits per heavy atom. The molecule has 6 nitrogen and oxygen atoms in total. The van der Waals surface area contributed by atoms with Gasteiger partial charge in [-0.1, -0.05) is 19.4 Å². The number of carbonyl (C=O) groups excluding carboxylic acids is 1. The lowest BCUT2D eigenvalue weighted by Crippen LogP contribution is -2.41. The quantitative estimate of drug-likeness (QED) is 0.238. The molecule has 0 atom stereocenters. The fraction of sp³-hybridized carbons (Fsp3) is 0.800. The van der Waals surface area contributed by atoms with E-state index in [9.17, 15) is 17.8 Å². The molecule has 0 aromatic carbocycles. The zero-order valence-corrected chi connectivity index (χ0v) is 14.7. The molecular weight excluding hydrogens is 304 g/mol. The second kappa shape index (κ2) is 10.7. The van der Waals surface area contributed by atoms with E-state index >= 15 is 0 Å². The molecule has 0 fully saturated rings. The van der Waals surface area contributed by atoms with Gasteiger partial charge in [-0.25, -0.2) is 8.42 Å². The van der Waals surface area contributed by atoms with Crippen LogP contribution >= 0.6 is 0 Å². The van der Waals surface area contributed by atoms with Crippen LogP contribution in [0.2, 0.25) is 0 Å². The fourth-order valence-electron chi connectivity index (χ4n) is 2.26.